The van der Waals surface area contributed by atoms with E-state index in [0.29, 0.717) is 5.92 Å². The quantitative estimate of drug-likeness (QED) is 0.772. The first kappa shape index (κ1) is 16.0. The van der Waals surface area contributed by atoms with Gasteiger partial charge in [-0.3, -0.25) is 5.10 Å². The summed E-state index contributed by atoms with van der Waals surface area (Å²) in [6.45, 7) is 1.71. The summed E-state index contributed by atoms with van der Waals surface area (Å²) in [6, 6.07) is 7.03. The van der Waals surface area contributed by atoms with Crippen LogP contribution in [0.3, 0.4) is 0 Å². The Morgan fingerprint density at radius 1 is 1.24 bits per heavy atom. The molecule has 3 heterocycles. The summed E-state index contributed by atoms with van der Waals surface area (Å²) >= 11 is 0. The van der Waals surface area contributed by atoms with Gasteiger partial charge in [0.1, 0.15) is 12.1 Å². The number of rotatable bonds is 3. The number of anilines is 1. The van der Waals surface area contributed by atoms with Crippen LogP contribution in [0.25, 0.3) is 10.9 Å². The minimum Gasteiger partial charge on any atom is -0.355 e. The minimum absolute atomic E-state index is 0.290. The van der Waals surface area contributed by atoms with Crippen molar-refractivity contribution in [3.8, 4) is 0 Å². The third-order valence-corrected chi connectivity index (χ3v) is 5.81. The minimum atomic E-state index is -3.28. The molecule has 25 heavy (non-hydrogen) atoms. The van der Waals surface area contributed by atoms with Crippen molar-refractivity contribution in [3.63, 3.8) is 0 Å². The van der Waals surface area contributed by atoms with Crippen LogP contribution in [0.1, 0.15) is 24.5 Å². The highest BCUT2D eigenvalue weighted by Gasteiger charge is 2.24. The SMILES string of the molecule is CS(=O)(=O)c1ccc2ncnc(N3CCCC(c4ccn[nH]4)C3)c2c1. The van der Waals surface area contributed by atoms with E-state index in [-0.39, 0.29) is 4.90 Å². The van der Waals surface area contributed by atoms with Gasteiger partial charge in [-0.05, 0) is 37.1 Å². The first-order valence-corrected chi connectivity index (χ1v) is 10.1. The molecule has 8 heteroatoms. The first-order chi connectivity index (χ1) is 12.0. The molecule has 2 aromatic heterocycles. The Morgan fingerprint density at radius 3 is 2.88 bits per heavy atom. The number of aromatic amines is 1. The van der Waals surface area contributed by atoms with Gasteiger partial charge >= 0.3 is 0 Å². The lowest BCUT2D eigenvalue weighted by atomic mass is 9.95. The number of sulfone groups is 1. The van der Waals surface area contributed by atoms with Crippen LogP contribution in [0.5, 0.6) is 0 Å². The highest BCUT2D eigenvalue weighted by Crippen LogP contribution is 2.32. The molecule has 1 N–H and O–H groups in total. The predicted octanol–water partition coefficient (Wildman–Crippen LogP) is 2.14. The zero-order valence-electron chi connectivity index (χ0n) is 13.9. The van der Waals surface area contributed by atoms with E-state index in [0.717, 1.165) is 48.3 Å². The summed E-state index contributed by atoms with van der Waals surface area (Å²) in [5.74, 6) is 1.15. The molecule has 1 aromatic carbocycles. The predicted molar refractivity (Wildman–Crippen MR) is 95.4 cm³/mol. The lowest BCUT2D eigenvalue weighted by molar-refractivity contribution is 0.499. The fraction of sp³-hybridized carbons (Fsp3) is 0.353. The lowest BCUT2D eigenvalue weighted by Gasteiger charge is -2.33. The number of aromatic nitrogens is 4. The molecule has 0 saturated carbocycles. The van der Waals surface area contributed by atoms with Crippen LogP contribution < -0.4 is 4.90 Å². The number of fused-ring (bicyclic) bond motifs is 1. The average Bonchev–Trinajstić information content (AvgIpc) is 3.15. The van der Waals surface area contributed by atoms with Crippen molar-refractivity contribution < 1.29 is 8.42 Å². The fourth-order valence-corrected chi connectivity index (χ4v) is 4.07. The highest BCUT2D eigenvalue weighted by atomic mass is 32.2. The molecule has 130 valence electrons. The van der Waals surface area contributed by atoms with Gasteiger partial charge in [-0.25, -0.2) is 18.4 Å². The van der Waals surface area contributed by atoms with E-state index in [1.165, 1.54) is 12.6 Å². The number of hydrogen-bond donors (Lipinski definition) is 1. The second kappa shape index (κ2) is 6.11. The Balaban J connectivity index is 1.75. The van der Waals surface area contributed by atoms with Crippen LogP contribution in [-0.2, 0) is 9.84 Å². The molecule has 7 nitrogen and oxygen atoms in total. The molecule has 0 bridgehead atoms. The van der Waals surface area contributed by atoms with Gasteiger partial charge in [-0.2, -0.15) is 5.10 Å². The van der Waals surface area contributed by atoms with Crippen LogP contribution in [0.2, 0.25) is 0 Å². The van der Waals surface area contributed by atoms with Crippen molar-refractivity contribution in [3.05, 3.63) is 42.5 Å². The Hall–Kier alpha value is -2.48. The van der Waals surface area contributed by atoms with Gasteiger partial charge in [0.2, 0.25) is 0 Å². The van der Waals surface area contributed by atoms with Crippen molar-refractivity contribution in [2.45, 2.75) is 23.7 Å². The second-order valence-corrected chi connectivity index (χ2v) is 8.46. The molecule has 3 aromatic rings. The van der Waals surface area contributed by atoms with E-state index in [1.807, 2.05) is 6.07 Å². The Bertz CT molecular complexity index is 1000. The van der Waals surface area contributed by atoms with Gasteiger partial charge in [0, 0.05) is 42.5 Å². The van der Waals surface area contributed by atoms with Crippen LogP contribution in [-0.4, -0.2) is 47.9 Å². The number of nitrogens with one attached hydrogen (secondary N) is 1. The van der Waals surface area contributed by atoms with E-state index >= 15 is 0 Å². The molecule has 0 radical (unpaired) electrons. The molecule has 1 atom stereocenters. The van der Waals surface area contributed by atoms with Crippen LogP contribution in [0, 0.1) is 0 Å². The van der Waals surface area contributed by atoms with E-state index in [4.69, 9.17) is 0 Å². The van der Waals surface area contributed by atoms with Crippen molar-refractivity contribution in [2.75, 3.05) is 24.2 Å². The van der Waals surface area contributed by atoms with Crippen molar-refractivity contribution >= 4 is 26.6 Å². The Kier molecular flexibility index (Phi) is 3.91. The Morgan fingerprint density at radius 2 is 2.12 bits per heavy atom. The molecule has 1 saturated heterocycles. The maximum Gasteiger partial charge on any atom is 0.175 e. The largest absolute Gasteiger partial charge is 0.355 e. The van der Waals surface area contributed by atoms with Crippen molar-refractivity contribution in [2.24, 2.45) is 0 Å². The fourth-order valence-electron chi connectivity index (χ4n) is 3.42. The average molecular weight is 357 g/mol. The van der Waals surface area contributed by atoms with E-state index < -0.39 is 9.84 Å². The van der Waals surface area contributed by atoms with Gasteiger partial charge in [0.25, 0.3) is 0 Å². The molecule has 0 amide bonds. The molecule has 1 aliphatic rings. The number of H-pyrrole nitrogens is 1. The molecular weight excluding hydrogens is 338 g/mol. The normalized spacial score (nSPS) is 18.6. The molecule has 1 aliphatic heterocycles. The van der Waals surface area contributed by atoms with Gasteiger partial charge < -0.3 is 4.90 Å². The Labute approximate surface area is 146 Å². The van der Waals surface area contributed by atoms with Crippen LogP contribution in [0.4, 0.5) is 5.82 Å². The topological polar surface area (TPSA) is 91.8 Å². The summed E-state index contributed by atoms with van der Waals surface area (Å²) in [5.41, 5.74) is 1.88. The second-order valence-electron chi connectivity index (χ2n) is 6.45. The summed E-state index contributed by atoms with van der Waals surface area (Å²) in [7, 11) is -3.28. The standard InChI is InChI=1S/C17H19N5O2S/c1-25(23,24)13-4-5-16-14(9-13)17(19-11-18-16)22-8-2-3-12(10-22)15-6-7-20-21-15/h4-7,9,11-12H,2-3,8,10H2,1H3,(H,20,21). The maximum absolute atomic E-state index is 11.9. The van der Waals surface area contributed by atoms with Gasteiger partial charge in [0.05, 0.1) is 10.4 Å². The molecular formula is C17H19N5O2S. The third-order valence-electron chi connectivity index (χ3n) is 4.70. The summed E-state index contributed by atoms with van der Waals surface area (Å²) in [5, 5.41) is 7.88. The van der Waals surface area contributed by atoms with Gasteiger partial charge in [0.15, 0.2) is 9.84 Å². The third kappa shape index (κ3) is 3.09. The number of piperidine rings is 1. The van der Waals surface area contributed by atoms with Gasteiger partial charge in [-0.1, -0.05) is 0 Å². The molecule has 0 spiro atoms. The van der Waals surface area contributed by atoms with E-state index in [1.54, 1.807) is 24.4 Å². The highest BCUT2D eigenvalue weighted by molar-refractivity contribution is 7.90. The molecule has 0 aliphatic carbocycles. The zero-order valence-corrected chi connectivity index (χ0v) is 14.7. The van der Waals surface area contributed by atoms with E-state index in [9.17, 15) is 8.42 Å². The van der Waals surface area contributed by atoms with E-state index in [2.05, 4.69) is 25.1 Å². The monoisotopic (exact) mass is 357 g/mol. The summed E-state index contributed by atoms with van der Waals surface area (Å²) < 4.78 is 23.8. The van der Waals surface area contributed by atoms with Crippen molar-refractivity contribution in [1.29, 1.82) is 0 Å². The molecule has 1 unspecified atom stereocenters. The van der Waals surface area contributed by atoms with Crippen LogP contribution >= 0.6 is 0 Å². The smallest absolute Gasteiger partial charge is 0.175 e. The lowest BCUT2D eigenvalue weighted by Crippen LogP contribution is -2.35. The number of benzene rings is 1. The summed E-state index contributed by atoms with van der Waals surface area (Å²) in [4.78, 5) is 11.2. The van der Waals surface area contributed by atoms with Crippen molar-refractivity contribution in [1.82, 2.24) is 20.2 Å². The number of nitrogens with zero attached hydrogens (tertiary/aromatic N) is 4. The maximum atomic E-state index is 11.9. The first-order valence-electron chi connectivity index (χ1n) is 8.21. The number of hydrogen-bond acceptors (Lipinski definition) is 6. The summed E-state index contributed by atoms with van der Waals surface area (Å²) in [6.07, 6.45) is 6.66. The van der Waals surface area contributed by atoms with Gasteiger partial charge in [-0.15, -0.1) is 0 Å². The van der Waals surface area contributed by atoms with Crippen LogP contribution in [0.15, 0.2) is 41.7 Å². The molecule has 1 fully saturated rings. The zero-order chi connectivity index (χ0) is 17.4. The molecule has 4 rings (SSSR count).